The Hall–Kier alpha value is -4.15. The van der Waals surface area contributed by atoms with E-state index in [1.165, 1.54) is 35.5 Å². The molecule has 0 unspecified atom stereocenters. The lowest BCUT2D eigenvalue weighted by molar-refractivity contribution is -0.138. The first-order valence-electron chi connectivity index (χ1n) is 11.3. The second kappa shape index (κ2) is 11.1. The summed E-state index contributed by atoms with van der Waals surface area (Å²) in [5.74, 6) is -0.112. The van der Waals surface area contributed by atoms with Crippen molar-refractivity contribution in [3.63, 3.8) is 0 Å². The number of ether oxygens (including phenoxy) is 1. The normalized spacial score (nSPS) is 13.9. The molecule has 1 aromatic heterocycles. The van der Waals surface area contributed by atoms with E-state index in [0.717, 1.165) is 11.6 Å². The third-order valence-corrected chi connectivity index (χ3v) is 5.69. The van der Waals surface area contributed by atoms with Gasteiger partial charge in [0.05, 0.1) is 23.5 Å². The zero-order chi connectivity index (χ0) is 25.5. The van der Waals surface area contributed by atoms with Crippen LogP contribution in [0.1, 0.15) is 21.5 Å². The smallest absolute Gasteiger partial charge is 0.390 e. The number of carbonyl (C=O) groups excluding carboxylic acids is 2. The van der Waals surface area contributed by atoms with Crippen molar-refractivity contribution < 1.29 is 27.5 Å². The average Bonchev–Trinajstić information content (AvgIpc) is 2.89. The van der Waals surface area contributed by atoms with Crippen LogP contribution in [-0.4, -0.2) is 59.6 Å². The number of carbonyl (C=O) groups is 2. The summed E-state index contributed by atoms with van der Waals surface area (Å²) in [7, 11) is 0. The molecule has 1 aliphatic rings. The molecule has 2 aromatic carbocycles. The Kier molecular flexibility index (Phi) is 7.67. The minimum atomic E-state index is -4.60. The fraction of sp³-hybridized carbons (Fsp3) is 0.280. The van der Waals surface area contributed by atoms with Crippen molar-refractivity contribution in [1.29, 1.82) is 0 Å². The number of benzene rings is 2. The molecule has 0 aliphatic carbocycles. The fourth-order valence-corrected chi connectivity index (χ4v) is 3.84. The number of nitrogens with one attached hydrogen (secondary N) is 1. The molecule has 2 amide bonds. The Morgan fingerprint density at radius 2 is 1.61 bits per heavy atom. The Balaban J connectivity index is 1.26. The third kappa shape index (κ3) is 6.29. The number of rotatable bonds is 6. The first kappa shape index (κ1) is 25.0. The van der Waals surface area contributed by atoms with Gasteiger partial charge in [0.15, 0.2) is 0 Å². The summed E-state index contributed by atoms with van der Waals surface area (Å²) < 4.78 is 45.0. The lowest BCUT2D eigenvalue weighted by atomic mass is 10.1. The molecule has 4 rings (SSSR count). The van der Waals surface area contributed by atoms with E-state index in [4.69, 9.17) is 4.74 Å². The summed E-state index contributed by atoms with van der Waals surface area (Å²) in [4.78, 5) is 36.3. The topological polar surface area (TPSA) is 87.7 Å². The summed E-state index contributed by atoms with van der Waals surface area (Å²) in [6, 6.07) is 14.5. The number of piperazine rings is 1. The number of hydrogen-bond acceptors (Lipinski definition) is 6. The molecule has 11 heteroatoms. The lowest BCUT2D eigenvalue weighted by Gasteiger charge is -2.35. The van der Waals surface area contributed by atoms with E-state index in [1.54, 1.807) is 0 Å². The van der Waals surface area contributed by atoms with Crippen LogP contribution in [0.25, 0.3) is 0 Å². The predicted octanol–water partition coefficient (Wildman–Crippen LogP) is 3.79. The van der Waals surface area contributed by atoms with Crippen LogP contribution in [0.5, 0.6) is 5.88 Å². The highest BCUT2D eigenvalue weighted by molar-refractivity contribution is 5.96. The van der Waals surface area contributed by atoms with Crippen LogP contribution in [0.15, 0.2) is 67.0 Å². The van der Waals surface area contributed by atoms with Crippen molar-refractivity contribution in [1.82, 2.24) is 20.2 Å². The number of alkyl halides is 3. The minimum Gasteiger partial charge on any atom is -0.390 e. The molecule has 0 spiro atoms. The molecular formula is C25H24F3N5O3. The summed E-state index contributed by atoms with van der Waals surface area (Å²) in [5, 5.41) is 2.65. The summed E-state index contributed by atoms with van der Waals surface area (Å²) in [5.41, 5.74) is -0.210. The van der Waals surface area contributed by atoms with Crippen LogP contribution in [0, 0.1) is 0 Å². The van der Waals surface area contributed by atoms with Crippen LogP contribution >= 0.6 is 0 Å². The standard InChI is InChI=1S/C25H24F3N5O3/c26-25(27,28)20-9-5-4-8-19(20)23(34)33-14-12-32(13-15-33)21-16-31-22(17-30-21)36-24(35)29-11-10-18-6-2-1-3-7-18/h1-9,16-17H,10-15H2,(H,29,35). The Morgan fingerprint density at radius 1 is 0.917 bits per heavy atom. The van der Waals surface area contributed by atoms with Crippen LogP contribution in [0.4, 0.5) is 23.8 Å². The van der Waals surface area contributed by atoms with E-state index in [0.29, 0.717) is 31.9 Å². The Bertz CT molecular complexity index is 1180. The highest BCUT2D eigenvalue weighted by Crippen LogP contribution is 2.32. The van der Waals surface area contributed by atoms with Gasteiger partial charge >= 0.3 is 12.3 Å². The van der Waals surface area contributed by atoms with Gasteiger partial charge in [0.25, 0.3) is 5.91 Å². The summed E-state index contributed by atoms with van der Waals surface area (Å²) >= 11 is 0. The van der Waals surface area contributed by atoms with Crippen molar-refractivity contribution in [2.75, 3.05) is 37.6 Å². The van der Waals surface area contributed by atoms with E-state index in [9.17, 15) is 22.8 Å². The maximum Gasteiger partial charge on any atom is 0.417 e. The van der Waals surface area contributed by atoms with Gasteiger partial charge in [-0.2, -0.15) is 13.2 Å². The van der Waals surface area contributed by atoms with Gasteiger partial charge in [-0.3, -0.25) is 4.79 Å². The molecule has 36 heavy (non-hydrogen) atoms. The molecule has 0 bridgehead atoms. The Morgan fingerprint density at radius 3 is 2.28 bits per heavy atom. The maximum absolute atomic E-state index is 13.3. The summed E-state index contributed by atoms with van der Waals surface area (Å²) in [6.45, 7) is 1.61. The molecule has 0 radical (unpaired) electrons. The van der Waals surface area contributed by atoms with Crippen molar-refractivity contribution in [2.24, 2.45) is 0 Å². The second-order valence-corrected chi connectivity index (χ2v) is 8.09. The number of hydrogen-bond donors (Lipinski definition) is 1. The maximum atomic E-state index is 13.3. The Labute approximate surface area is 205 Å². The minimum absolute atomic E-state index is 0.0357. The number of nitrogens with zero attached hydrogens (tertiary/aromatic N) is 4. The van der Waals surface area contributed by atoms with Gasteiger partial charge in [-0.15, -0.1) is 0 Å². The molecule has 1 N–H and O–H groups in total. The molecule has 8 nitrogen and oxygen atoms in total. The number of anilines is 1. The van der Waals surface area contributed by atoms with Crippen LogP contribution in [0.3, 0.4) is 0 Å². The van der Waals surface area contributed by atoms with E-state index >= 15 is 0 Å². The van der Waals surface area contributed by atoms with E-state index in [1.807, 2.05) is 35.2 Å². The van der Waals surface area contributed by atoms with Gasteiger partial charge in [-0.1, -0.05) is 42.5 Å². The summed E-state index contributed by atoms with van der Waals surface area (Å²) in [6.07, 6.45) is -1.81. The fourth-order valence-electron chi connectivity index (χ4n) is 3.84. The van der Waals surface area contributed by atoms with Crippen LogP contribution in [0.2, 0.25) is 0 Å². The zero-order valence-corrected chi connectivity index (χ0v) is 19.2. The van der Waals surface area contributed by atoms with E-state index in [2.05, 4.69) is 15.3 Å². The zero-order valence-electron chi connectivity index (χ0n) is 19.2. The quantitative estimate of drug-likeness (QED) is 0.556. The molecular weight excluding hydrogens is 475 g/mol. The monoisotopic (exact) mass is 499 g/mol. The van der Waals surface area contributed by atoms with Gasteiger partial charge in [0, 0.05) is 32.7 Å². The van der Waals surface area contributed by atoms with Crippen molar-refractivity contribution in [3.8, 4) is 5.88 Å². The van der Waals surface area contributed by atoms with Crippen molar-refractivity contribution >= 4 is 17.8 Å². The molecule has 0 saturated carbocycles. The van der Waals surface area contributed by atoms with Crippen molar-refractivity contribution in [2.45, 2.75) is 12.6 Å². The largest absolute Gasteiger partial charge is 0.417 e. The first-order valence-corrected chi connectivity index (χ1v) is 11.3. The van der Waals surface area contributed by atoms with E-state index in [-0.39, 0.29) is 24.5 Å². The van der Waals surface area contributed by atoms with Gasteiger partial charge in [-0.25, -0.2) is 14.8 Å². The van der Waals surface area contributed by atoms with Gasteiger partial charge in [0.1, 0.15) is 5.82 Å². The van der Waals surface area contributed by atoms with Crippen LogP contribution < -0.4 is 15.0 Å². The number of halogens is 3. The molecule has 0 atom stereocenters. The lowest BCUT2D eigenvalue weighted by Crippen LogP contribution is -2.49. The molecule has 1 fully saturated rings. The van der Waals surface area contributed by atoms with Crippen LogP contribution in [-0.2, 0) is 12.6 Å². The molecule has 2 heterocycles. The number of amides is 2. The second-order valence-electron chi connectivity index (χ2n) is 8.09. The van der Waals surface area contributed by atoms with Gasteiger partial charge < -0.3 is 19.9 Å². The molecule has 3 aromatic rings. The molecule has 188 valence electrons. The highest BCUT2D eigenvalue weighted by atomic mass is 19.4. The van der Waals surface area contributed by atoms with Gasteiger partial charge in [0.2, 0.25) is 5.88 Å². The average molecular weight is 499 g/mol. The van der Waals surface area contributed by atoms with E-state index < -0.39 is 23.7 Å². The highest BCUT2D eigenvalue weighted by Gasteiger charge is 2.36. The predicted molar refractivity (Wildman–Crippen MR) is 126 cm³/mol. The van der Waals surface area contributed by atoms with Gasteiger partial charge in [-0.05, 0) is 24.1 Å². The SMILES string of the molecule is O=C(NCCc1ccccc1)Oc1cnc(N2CCN(C(=O)c3ccccc3C(F)(F)F)CC2)cn1. The molecule has 1 saturated heterocycles. The van der Waals surface area contributed by atoms with Crippen molar-refractivity contribution in [3.05, 3.63) is 83.7 Å². The first-order chi connectivity index (χ1) is 17.3. The molecule has 1 aliphatic heterocycles. The third-order valence-electron chi connectivity index (χ3n) is 5.69. The number of aromatic nitrogens is 2.